The number of nitrogens with one attached hydrogen (secondary N) is 1. The van der Waals surface area contributed by atoms with Gasteiger partial charge in [-0.3, -0.25) is 4.79 Å². The Hall–Kier alpha value is -2.87. The molecule has 1 aliphatic rings. The molecule has 1 aromatic heterocycles. The third-order valence-corrected chi connectivity index (χ3v) is 5.43. The summed E-state index contributed by atoms with van der Waals surface area (Å²) in [5.74, 6) is -0.893. The van der Waals surface area contributed by atoms with Crippen molar-refractivity contribution in [2.24, 2.45) is 0 Å². The van der Waals surface area contributed by atoms with Crippen molar-refractivity contribution in [1.29, 1.82) is 0 Å². The fraction of sp³-hybridized carbons (Fsp3) is 0.316. The summed E-state index contributed by atoms with van der Waals surface area (Å²) in [6.45, 7) is 0.461. The van der Waals surface area contributed by atoms with Crippen molar-refractivity contribution in [3.05, 3.63) is 51.7 Å². The number of esters is 2. The number of anilines is 1. The summed E-state index contributed by atoms with van der Waals surface area (Å²) in [7, 11) is 2.62. The summed E-state index contributed by atoms with van der Waals surface area (Å²) in [5.41, 5.74) is 2.44. The zero-order valence-corrected chi connectivity index (χ0v) is 15.9. The van der Waals surface area contributed by atoms with Gasteiger partial charge >= 0.3 is 18.0 Å². The summed E-state index contributed by atoms with van der Waals surface area (Å²) in [6, 6.07) is 8.61. The molecular formula is C19H20N2O5S. The van der Waals surface area contributed by atoms with Crippen molar-refractivity contribution in [1.82, 2.24) is 4.90 Å². The number of carbonyl (C=O) groups excluding carboxylic acids is 3. The monoisotopic (exact) mass is 388 g/mol. The summed E-state index contributed by atoms with van der Waals surface area (Å²) in [6.07, 6.45) is 0.753. The number of methoxy groups -OCH3 is 2. The van der Waals surface area contributed by atoms with Crippen molar-refractivity contribution in [3.8, 4) is 0 Å². The van der Waals surface area contributed by atoms with E-state index in [1.54, 1.807) is 16.3 Å². The summed E-state index contributed by atoms with van der Waals surface area (Å²) >= 11 is 1.19. The molecule has 0 saturated heterocycles. The number of hydrogen-bond donors (Lipinski definition) is 1. The van der Waals surface area contributed by atoms with Gasteiger partial charge in [-0.25, -0.2) is 9.59 Å². The number of ether oxygens (including phenoxy) is 2. The SMILES string of the molecule is COC(=O)C[C@H]1c2ccccc2CCN1C(=O)Nc1ccsc1C(=O)OC. The van der Waals surface area contributed by atoms with Gasteiger partial charge < -0.3 is 19.7 Å². The number of rotatable bonds is 4. The Kier molecular flexibility index (Phi) is 5.75. The highest BCUT2D eigenvalue weighted by Crippen LogP contribution is 2.33. The molecule has 142 valence electrons. The Bertz CT molecular complexity index is 863. The Labute approximate surface area is 160 Å². The normalized spacial score (nSPS) is 15.6. The number of nitrogens with zero attached hydrogens (tertiary/aromatic N) is 1. The molecule has 1 N–H and O–H groups in total. The number of urea groups is 1. The molecule has 2 amide bonds. The first-order chi connectivity index (χ1) is 13.0. The van der Waals surface area contributed by atoms with Crippen molar-refractivity contribution in [3.63, 3.8) is 0 Å². The van der Waals surface area contributed by atoms with Crippen molar-refractivity contribution in [2.45, 2.75) is 18.9 Å². The fourth-order valence-corrected chi connectivity index (χ4v) is 3.97. The van der Waals surface area contributed by atoms with E-state index in [4.69, 9.17) is 9.47 Å². The van der Waals surface area contributed by atoms with Crippen LogP contribution in [0.15, 0.2) is 35.7 Å². The molecular weight excluding hydrogens is 368 g/mol. The van der Waals surface area contributed by atoms with Crippen LogP contribution in [0.1, 0.15) is 33.3 Å². The van der Waals surface area contributed by atoms with Crippen LogP contribution in [0.5, 0.6) is 0 Å². The van der Waals surface area contributed by atoms with Crippen LogP contribution in [0.3, 0.4) is 0 Å². The quantitative estimate of drug-likeness (QED) is 0.813. The lowest BCUT2D eigenvalue weighted by atomic mass is 9.91. The maximum atomic E-state index is 12.9. The molecule has 0 fully saturated rings. The highest BCUT2D eigenvalue weighted by atomic mass is 32.1. The van der Waals surface area contributed by atoms with Crippen LogP contribution in [0.2, 0.25) is 0 Å². The van der Waals surface area contributed by atoms with Crippen LogP contribution in [-0.4, -0.2) is 43.6 Å². The van der Waals surface area contributed by atoms with Gasteiger partial charge in [0.25, 0.3) is 0 Å². The molecule has 0 spiro atoms. The Morgan fingerprint density at radius 1 is 1.19 bits per heavy atom. The van der Waals surface area contributed by atoms with E-state index in [1.165, 1.54) is 25.6 Å². The Morgan fingerprint density at radius 2 is 1.96 bits per heavy atom. The maximum Gasteiger partial charge on any atom is 0.350 e. The van der Waals surface area contributed by atoms with Crippen LogP contribution in [0, 0.1) is 0 Å². The second-order valence-electron chi connectivity index (χ2n) is 6.02. The molecule has 0 unspecified atom stereocenters. The zero-order chi connectivity index (χ0) is 19.4. The van der Waals surface area contributed by atoms with E-state index < -0.39 is 12.0 Å². The molecule has 3 rings (SSSR count). The topological polar surface area (TPSA) is 84.9 Å². The molecule has 0 saturated carbocycles. The van der Waals surface area contributed by atoms with Gasteiger partial charge in [-0.2, -0.15) is 0 Å². The largest absolute Gasteiger partial charge is 0.469 e. The average Bonchev–Trinajstić information content (AvgIpc) is 3.15. The molecule has 27 heavy (non-hydrogen) atoms. The predicted molar refractivity (Wildman–Crippen MR) is 101 cm³/mol. The van der Waals surface area contributed by atoms with E-state index in [0.29, 0.717) is 23.5 Å². The van der Waals surface area contributed by atoms with Gasteiger partial charge in [0, 0.05) is 6.54 Å². The van der Waals surface area contributed by atoms with Crippen LogP contribution in [0.25, 0.3) is 0 Å². The van der Waals surface area contributed by atoms with E-state index >= 15 is 0 Å². The number of thiophene rings is 1. The molecule has 1 aromatic carbocycles. The lowest BCUT2D eigenvalue weighted by Crippen LogP contribution is -2.43. The van der Waals surface area contributed by atoms with Crippen LogP contribution >= 0.6 is 11.3 Å². The third kappa shape index (κ3) is 3.95. The van der Waals surface area contributed by atoms with Crippen molar-refractivity contribution >= 4 is 35.0 Å². The first kappa shape index (κ1) is 18.9. The molecule has 7 nitrogen and oxygen atoms in total. The van der Waals surface area contributed by atoms with Gasteiger partial charge in [0.1, 0.15) is 4.88 Å². The molecule has 0 radical (unpaired) electrons. The number of fused-ring (bicyclic) bond motifs is 1. The molecule has 1 atom stereocenters. The van der Waals surface area contributed by atoms with E-state index in [2.05, 4.69) is 5.32 Å². The highest BCUT2D eigenvalue weighted by molar-refractivity contribution is 7.12. The van der Waals surface area contributed by atoms with Gasteiger partial charge in [-0.1, -0.05) is 24.3 Å². The molecule has 1 aliphatic heterocycles. The Morgan fingerprint density at radius 3 is 2.70 bits per heavy atom. The van der Waals surface area contributed by atoms with Gasteiger partial charge in [0.2, 0.25) is 0 Å². The second kappa shape index (κ2) is 8.22. The van der Waals surface area contributed by atoms with Crippen LogP contribution in [0.4, 0.5) is 10.5 Å². The molecule has 2 aromatic rings. The number of benzene rings is 1. The minimum atomic E-state index is -0.504. The van der Waals surface area contributed by atoms with Gasteiger partial charge in [-0.05, 0) is 29.0 Å². The average molecular weight is 388 g/mol. The molecule has 0 bridgehead atoms. The standard InChI is InChI=1S/C19H20N2O5S/c1-25-16(22)11-15-13-6-4-3-5-12(13)7-9-21(15)19(24)20-14-8-10-27-17(14)18(23)26-2/h3-6,8,10,15H,7,9,11H2,1-2H3,(H,20,24)/t15-/m0/s1. The summed E-state index contributed by atoms with van der Waals surface area (Å²) in [5, 5.41) is 4.48. The Balaban J connectivity index is 1.85. The predicted octanol–water partition coefficient (Wildman–Crippen LogP) is 3.23. The third-order valence-electron chi connectivity index (χ3n) is 4.54. The highest BCUT2D eigenvalue weighted by Gasteiger charge is 2.33. The first-order valence-corrected chi connectivity index (χ1v) is 9.31. The lowest BCUT2D eigenvalue weighted by molar-refractivity contribution is -0.141. The minimum Gasteiger partial charge on any atom is -0.469 e. The van der Waals surface area contributed by atoms with Gasteiger partial charge in [0.15, 0.2) is 0 Å². The zero-order valence-electron chi connectivity index (χ0n) is 15.1. The summed E-state index contributed by atoms with van der Waals surface area (Å²) < 4.78 is 9.55. The van der Waals surface area contributed by atoms with E-state index in [0.717, 1.165) is 11.1 Å². The minimum absolute atomic E-state index is 0.0639. The fourth-order valence-electron chi connectivity index (χ4n) is 3.20. The van der Waals surface area contributed by atoms with Crippen LogP contribution < -0.4 is 5.32 Å². The number of carbonyl (C=O) groups is 3. The van der Waals surface area contributed by atoms with E-state index in [-0.39, 0.29) is 18.4 Å². The number of hydrogen-bond acceptors (Lipinski definition) is 6. The molecule has 8 heteroatoms. The van der Waals surface area contributed by atoms with Gasteiger partial charge in [0.05, 0.1) is 32.4 Å². The lowest BCUT2D eigenvalue weighted by Gasteiger charge is -2.36. The van der Waals surface area contributed by atoms with Crippen molar-refractivity contribution < 1.29 is 23.9 Å². The van der Waals surface area contributed by atoms with E-state index in [9.17, 15) is 14.4 Å². The smallest absolute Gasteiger partial charge is 0.350 e. The second-order valence-corrected chi connectivity index (χ2v) is 6.94. The number of amides is 2. The van der Waals surface area contributed by atoms with Gasteiger partial charge in [-0.15, -0.1) is 11.3 Å². The van der Waals surface area contributed by atoms with E-state index in [1.807, 2.05) is 24.3 Å². The summed E-state index contributed by atoms with van der Waals surface area (Å²) in [4.78, 5) is 38.6. The van der Waals surface area contributed by atoms with Crippen LogP contribution in [-0.2, 0) is 20.7 Å². The maximum absolute atomic E-state index is 12.9. The first-order valence-electron chi connectivity index (χ1n) is 8.43. The molecule has 2 heterocycles. The van der Waals surface area contributed by atoms with Crippen molar-refractivity contribution in [2.75, 3.05) is 26.1 Å². The molecule has 0 aliphatic carbocycles.